The number of hydrogen-bond acceptors (Lipinski definition) is 6. The van der Waals surface area contributed by atoms with Crippen molar-refractivity contribution in [3.8, 4) is 0 Å². The van der Waals surface area contributed by atoms with Crippen LogP contribution in [0.1, 0.15) is 51.4 Å². The van der Waals surface area contributed by atoms with Crippen molar-refractivity contribution >= 4 is 11.9 Å². The van der Waals surface area contributed by atoms with Gasteiger partial charge in [0.15, 0.2) is 0 Å². The Hall–Kier alpha value is -1.14. The summed E-state index contributed by atoms with van der Waals surface area (Å²) >= 11 is 0. The largest absolute Gasteiger partial charge is 0.469 e. The summed E-state index contributed by atoms with van der Waals surface area (Å²) in [5.41, 5.74) is 0. The maximum atomic E-state index is 10.9. The Kier molecular flexibility index (Phi) is 15.4. The molecule has 0 rings (SSSR count). The fourth-order valence-electron chi connectivity index (χ4n) is 2.02. The average Bonchev–Trinajstić information content (AvgIpc) is 2.54. The fourth-order valence-corrected chi connectivity index (χ4v) is 2.02. The maximum absolute atomic E-state index is 10.9. The highest BCUT2D eigenvalue weighted by molar-refractivity contribution is 5.69. The molecule has 0 amide bonds. The maximum Gasteiger partial charge on any atom is 0.306 e. The number of unbranched alkanes of at least 4 members (excludes halogenated alkanes) is 4. The highest BCUT2D eigenvalue weighted by Crippen LogP contribution is 2.00. The lowest BCUT2D eigenvalue weighted by molar-refractivity contribution is -0.141. The molecular formula is C16H32N2O4. The predicted molar refractivity (Wildman–Crippen MR) is 86.7 cm³/mol. The van der Waals surface area contributed by atoms with E-state index in [-0.39, 0.29) is 11.9 Å². The molecular weight excluding hydrogens is 284 g/mol. The third-order valence-corrected chi connectivity index (χ3v) is 3.40. The van der Waals surface area contributed by atoms with E-state index < -0.39 is 0 Å². The second-order valence-electron chi connectivity index (χ2n) is 5.27. The Morgan fingerprint density at radius 1 is 0.636 bits per heavy atom. The summed E-state index contributed by atoms with van der Waals surface area (Å²) in [7, 11) is 2.84. The third-order valence-electron chi connectivity index (χ3n) is 3.40. The molecule has 0 saturated carbocycles. The van der Waals surface area contributed by atoms with Crippen LogP contribution in [0.3, 0.4) is 0 Å². The van der Waals surface area contributed by atoms with Crippen LogP contribution in [-0.4, -0.2) is 52.3 Å². The fraction of sp³-hybridized carbons (Fsp3) is 0.875. The van der Waals surface area contributed by atoms with Crippen LogP contribution >= 0.6 is 0 Å². The topological polar surface area (TPSA) is 76.7 Å². The molecule has 0 atom stereocenters. The molecule has 0 heterocycles. The van der Waals surface area contributed by atoms with Crippen LogP contribution in [0.4, 0.5) is 0 Å². The van der Waals surface area contributed by atoms with Gasteiger partial charge in [-0.25, -0.2) is 0 Å². The van der Waals surface area contributed by atoms with Gasteiger partial charge in [0.25, 0.3) is 0 Å². The number of carbonyl (C=O) groups is 2. The highest BCUT2D eigenvalue weighted by atomic mass is 16.5. The second-order valence-corrected chi connectivity index (χ2v) is 5.27. The van der Waals surface area contributed by atoms with E-state index in [0.717, 1.165) is 45.3 Å². The Balaban J connectivity index is 3.05. The van der Waals surface area contributed by atoms with Crippen LogP contribution in [0.5, 0.6) is 0 Å². The van der Waals surface area contributed by atoms with Gasteiger partial charge in [-0.05, 0) is 45.3 Å². The smallest absolute Gasteiger partial charge is 0.306 e. The van der Waals surface area contributed by atoms with E-state index in [4.69, 9.17) is 0 Å². The van der Waals surface area contributed by atoms with E-state index in [9.17, 15) is 9.59 Å². The molecule has 0 saturated heterocycles. The Labute approximate surface area is 134 Å². The number of nitrogens with one attached hydrogen (secondary N) is 2. The summed E-state index contributed by atoms with van der Waals surface area (Å²) in [6.07, 6.45) is 7.51. The summed E-state index contributed by atoms with van der Waals surface area (Å²) in [6, 6.07) is 0. The number of ether oxygens (including phenoxy) is 2. The van der Waals surface area contributed by atoms with E-state index in [1.165, 1.54) is 27.1 Å². The molecule has 0 aliphatic heterocycles. The minimum Gasteiger partial charge on any atom is -0.469 e. The first-order valence-electron chi connectivity index (χ1n) is 8.25. The zero-order chi connectivity index (χ0) is 16.5. The summed E-state index contributed by atoms with van der Waals surface area (Å²) < 4.78 is 9.16. The monoisotopic (exact) mass is 316 g/mol. The predicted octanol–water partition coefficient (Wildman–Crippen LogP) is 1.63. The first-order valence-corrected chi connectivity index (χ1v) is 8.25. The zero-order valence-electron chi connectivity index (χ0n) is 14.1. The van der Waals surface area contributed by atoms with E-state index >= 15 is 0 Å². The van der Waals surface area contributed by atoms with E-state index in [1.807, 2.05) is 0 Å². The molecule has 0 spiro atoms. The van der Waals surface area contributed by atoms with Crippen molar-refractivity contribution in [3.05, 3.63) is 0 Å². The van der Waals surface area contributed by atoms with Crippen LogP contribution in [0.2, 0.25) is 0 Å². The molecule has 0 aromatic heterocycles. The number of carbonyl (C=O) groups excluding carboxylic acids is 2. The molecule has 6 heteroatoms. The minimum absolute atomic E-state index is 0.117. The molecule has 0 radical (unpaired) electrons. The van der Waals surface area contributed by atoms with Gasteiger partial charge in [-0.3, -0.25) is 9.59 Å². The van der Waals surface area contributed by atoms with Crippen LogP contribution in [0, 0.1) is 0 Å². The van der Waals surface area contributed by atoms with Gasteiger partial charge >= 0.3 is 11.9 Å². The standard InChI is InChI=1S/C16H32N2O4/c1-21-15(19)9-5-3-6-11-17-12-7-4-8-13-18-14-10-16(20)22-2/h17-18H,3-14H2,1-2H3. The average molecular weight is 316 g/mol. The SMILES string of the molecule is COC(=O)CCCCCNCCCCCNCCC(=O)OC. The Morgan fingerprint density at radius 2 is 1.09 bits per heavy atom. The first kappa shape index (κ1) is 20.9. The van der Waals surface area contributed by atoms with Crippen LogP contribution < -0.4 is 10.6 Å². The molecule has 0 aliphatic rings. The van der Waals surface area contributed by atoms with E-state index in [2.05, 4.69) is 20.1 Å². The molecule has 0 aromatic carbocycles. The number of esters is 2. The summed E-state index contributed by atoms with van der Waals surface area (Å²) in [4.78, 5) is 21.8. The van der Waals surface area contributed by atoms with Crippen molar-refractivity contribution in [1.29, 1.82) is 0 Å². The van der Waals surface area contributed by atoms with Crippen molar-refractivity contribution in [3.63, 3.8) is 0 Å². The molecule has 0 unspecified atom stereocenters. The van der Waals surface area contributed by atoms with E-state index in [0.29, 0.717) is 19.4 Å². The first-order chi connectivity index (χ1) is 10.7. The van der Waals surface area contributed by atoms with Gasteiger partial charge in [0, 0.05) is 13.0 Å². The quantitative estimate of drug-likeness (QED) is 0.353. The van der Waals surface area contributed by atoms with Crippen molar-refractivity contribution in [2.75, 3.05) is 40.4 Å². The molecule has 0 aliphatic carbocycles. The lowest BCUT2D eigenvalue weighted by Crippen LogP contribution is -2.20. The van der Waals surface area contributed by atoms with Gasteiger partial charge in [-0.15, -0.1) is 0 Å². The van der Waals surface area contributed by atoms with Gasteiger partial charge < -0.3 is 20.1 Å². The molecule has 0 fully saturated rings. The molecule has 130 valence electrons. The Bertz CT molecular complexity index is 257. The molecule has 22 heavy (non-hydrogen) atoms. The van der Waals surface area contributed by atoms with Crippen molar-refractivity contribution in [1.82, 2.24) is 10.6 Å². The lowest BCUT2D eigenvalue weighted by Gasteiger charge is -2.06. The van der Waals surface area contributed by atoms with E-state index in [1.54, 1.807) is 0 Å². The van der Waals surface area contributed by atoms with Crippen molar-refractivity contribution < 1.29 is 19.1 Å². The third kappa shape index (κ3) is 15.3. The molecule has 0 aromatic rings. The number of methoxy groups -OCH3 is 2. The summed E-state index contributed by atoms with van der Waals surface area (Å²) in [6.45, 7) is 3.69. The van der Waals surface area contributed by atoms with Gasteiger partial charge in [0.2, 0.25) is 0 Å². The van der Waals surface area contributed by atoms with Crippen molar-refractivity contribution in [2.45, 2.75) is 51.4 Å². The van der Waals surface area contributed by atoms with Gasteiger partial charge in [-0.2, -0.15) is 0 Å². The van der Waals surface area contributed by atoms with Gasteiger partial charge in [0.05, 0.1) is 20.6 Å². The number of hydrogen-bond donors (Lipinski definition) is 2. The lowest BCUT2D eigenvalue weighted by atomic mass is 10.2. The van der Waals surface area contributed by atoms with Gasteiger partial charge in [-0.1, -0.05) is 12.8 Å². The van der Waals surface area contributed by atoms with Crippen LogP contribution in [0.15, 0.2) is 0 Å². The minimum atomic E-state index is -0.164. The van der Waals surface area contributed by atoms with Crippen molar-refractivity contribution in [2.24, 2.45) is 0 Å². The summed E-state index contributed by atoms with van der Waals surface area (Å²) in [5, 5.41) is 6.65. The van der Waals surface area contributed by atoms with Crippen LogP contribution in [-0.2, 0) is 19.1 Å². The normalized spacial score (nSPS) is 10.5. The molecule has 0 bridgehead atoms. The zero-order valence-corrected chi connectivity index (χ0v) is 14.1. The number of rotatable bonds is 15. The molecule has 2 N–H and O–H groups in total. The summed E-state index contributed by atoms with van der Waals surface area (Å²) in [5.74, 6) is -0.281. The van der Waals surface area contributed by atoms with Gasteiger partial charge in [0.1, 0.15) is 0 Å². The van der Waals surface area contributed by atoms with Crippen LogP contribution in [0.25, 0.3) is 0 Å². The Morgan fingerprint density at radius 3 is 1.64 bits per heavy atom. The second kappa shape index (κ2) is 16.2. The molecule has 6 nitrogen and oxygen atoms in total. The highest BCUT2D eigenvalue weighted by Gasteiger charge is 1.99.